The molecule has 0 spiro atoms. The SMILES string of the molecule is CC1CCC(NC(=O)c2cccc(Br)c2F)CC1. The van der Waals surface area contributed by atoms with Crippen LogP contribution in [0.1, 0.15) is 43.0 Å². The summed E-state index contributed by atoms with van der Waals surface area (Å²) in [4.78, 5) is 12.0. The zero-order valence-electron chi connectivity index (χ0n) is 10.4. The van der Waals surface area contributed by atoms with Crippen LogP contribution < -0.4 is 5.32 Å². The van der Waals surface area contributed by atoms with Crippen LogP contribution in [0.3, 0.4) is 0 Å². The molecule has 2 nitrogen and oxygen atoms in total. The Labute approximate surface area is 115 Å². The minimum absolute atomic E-state index is 0.114. The van der Waals surface area contributed by atoms with E-state index < -0.39 is 5.82 Å². The maximum Gasteiger partial charge on any atom is 0.254 e. The Kier molecular flexibility index (Phi) is 4.38. The molecule has 0 bridgehead atoms. The third kappa shape index (κ3) is 3.10. The van der Waals surface area contributed by atoms with Crippen LogP contribution in [0.15, 0.2) is 22.7 Å². The van der Waals surface area contributed by atoms with Crippen LogP contribution in [0, 0.1) is 11.7 Å². The number of carbonyl (C=O) groups excluding carboxylic acids is 1. The van der Waals surface area contributed by atoms with Crippen molar-refractivity contribution in [3.63, 3.8) is 0 Å². The fourth-order valence-corrected chi connectivity index (χ4v) is 2.71. The van der Waals surface area contributed by atoms with Crippen LogP contribution in [0.2, 0.25) is 0 Å². The first kappa shape index (κ1) is 13.5. The molecule has 1 saturated carbocycles. The smallest absolute Gasteiger partial charge is 0.254 e. The lowest BCUT2D eigenvalue weighted by Crippen LogP contribution is -2.37. The predicted octanol–water partition coefficient (Wildman–Crippen LogP) is 3.90. The van der Waals surface area contributed by atoms with Crippen molar-refractivity contribution >= 4 is 21.8 Å². The van der Waals surface area contributed by atoms with E-state index in [4.69, 9.17) is 0 Å². The molecule has 1 aromatic carbocycles. The Morgan fingerprint density at radius 3 is 2.67 bits per heavy atom. The number of amides is 1. The minimum Gasteiger partial charge on any atom is -0.349 e. The second kappa shape index (κ2) is 5.83. The first-order chi connectivity index (χ1) is 8.58. The fraction of sp³-hybridized carbons (Fsp3) is 0.500. The Morgan fingerprint density at radius 2 is 2.00 bits per heavy atom. The molecular formula is C14H17BrFNO. The van der Waals surface area contributed by atoms with Gasteiger partial charge in [0.05, 0.1) is 10.0 Å². The van der Waals surface area contributed by atoms with Gasteiger partial charge in [0, 0.05) is 6.04 Å². The molecule has 1 aliphatic rings. The van der Waals surface area contributed by atoms with E-state index in [1.54, 1.807) is 12.1 Å². The molecule has 0 aliphatic heterocycles. The van der Waals surface area contributed by atoms with Crippen LogP contribution in [-0.2, 0) is 0 Å². The lowest BCUT2D eigenvalue weighted by Gasteiger charge is -2.27. The van der Waals surface area contributed by atoms with Crippen molar-refractivity contribution in [2.75, 3.05) is 0 Å². The zero-order valence-corrected chi connectivity index (χ0v) is 12.0. The normalized spacial score (nSPS) is 23.7. The van der Waals surface area contributed by atoms with E-state index in [1.807, 2.05) is 0 Å². The molecule has 98 valence electrons. The van der Waals surface area contributed by atoms with Crippen LogP contribution >= 0.6 is 15.9 Å². The van der Waals surface area contributed by atoms with Crippen molar-refractivity contribution in [1.82, 2.24) is 5.32 Å². The van der Waals surface area contributed by atoms with Crippen LogP contribution in [0.25, 0.3) is 0 Å². The Morgan fingerprint density at radius 1 is 1.33 bits per heavy atom. The number of nitrogens with one attached hydrogen (secondary N) is 1. The van der Waals surface area contributed by atoms with E-state index >= 15 is 0 Å². The van der Waals surface area contributed by atoms with Gasteiger partial charge in [-0.15, -0.1) is 0 Å². The predicted molar refractivity (Wildman–Crippen MR) is 73.0 cm³/mol. The molecule has 2 rings (SSSR count). The van der Waals surface area contributed by atoms with Crippen molar-refractivity contribution in [3.05, 3.63) is 34.1 Å². The monoisotopic (exact) mass is 313 g/mol. The average molecular weight is 314 g/mol. The lowest BCUT2D eigenvalue weighted by molar-refractivity contribution is 0.0918. The highest BCUT2D eigenvalue weighted by molar-refractivity contribution is 9.10. The molecule has 0 atom stereocenters. The Bertz CT molecular complexity index is 441. The summed E-state index contributed by atoms with van der Waals surface area (Å²) < 4.78 is 14.1. The maximum atomic E-state index is 13.8. The van der Waals surface area contributed by atoms with Crippen LogP contribution in [0.4, 0.5) is 4.39 Å². The third-order valence-electron chi connectivity index (χ3n) is 3.55. The van der Waals surface area contributed by atoms with E-state index in [-0.39, 0.29) is 17.5 Å². The summed E-state index contributed by atoms with van der Waals surface area (Å²) in [6.45, 7) is 2.23. The van der Waals surface area contributed by atoms with Gasteiger partial charge in [-0.1, -0.05) is 13.0 Å². The summed E-state index contributed by atoms with van der Waals surface area (Å²) in [5.74, 6) is -0.0618. The van der Waals surface area contributed by atoms with Crippen molar-refractivity contribution in [3.8, 4) is 0 Å². The highest BCUT2D eigenvalue weighted by Gasteiger charge is 2.21. The molecule has 18 heavy (non-hydrogen) atoms. The second-order valence-corrected chi connectivity index (χ2v) is 5.89. The highest BCUT2D eigenvalue weighted by atomic mass is 79.9. The molecule has 1 fully saturated rings. The van der Waals surface area contributed by atoms with Crippen molar-refractivity contribution in [1.29, 1.82) is 0 Å². The fourth-order valence-electron chi connectivity index (χ4n) is 2.35. The molecule has 1 amide bonds. The minimum atomic E-state index is -0.487. The van der Waals surface area contributed by atoms with Gasteiger partial charge in [-0.2, -0.15) is 0 Å². The topological polar surface area (TPSA) is 29.1 Å². The van der Waals surface area contributed by atoms with Gasteiger partial charge >= 0.3 is 0 Å². The maximum absolute atomic E-state index is 13.8. The standard InChI is InChI=1S/C14H17BrFNO/c1-9-5-7-10(8-6-9)17-14(18)11-3-2-4-12(15)13(11)16/h2-4,9-10H,5-8H2,1H3,(H,17,18). The number of halogens is 2. The number of hydrogen-bond acceptors (Lipinski definition) is 1. The molecule has 4 heteroatoms. The van der Waals surface area contributed by atoms with Gasteiger partial charge in [-0.25, -0.2) is 4.39 Å². The van der Waals surface area contributed by atoms with E-state index in [0.29, 0.717) is 4.47 Å². The average Bonchev–Trinajstić information content (AvgIpc) is 2.35. The summed E-state index contributed by atoms with van der Waals surface area (Å²) >= 11 is 3.09. The van der Waals surface area contributed by atoms with E-state index in [0.717, 1.165) is 31.6 Å². The molecule has 1 N–H and O–H groups in total. The summed E-state index contributed by atoms with van der Waals surface area (Å²) in [7, 11) is 0. The molecule has 1 aliphatic carbocycles. The molecule has 0 heterocycles. The van der Waals surface area contributed by atoms with Crippen LogP contribution in [0.5, 0.6) is 0 Å². The van der Waals surface area contributed by atoms with Crippen molar-refractivity contribution in [2.45, 2.75) is 38.6 Å². The van der Waals surface area contributed by atoms with E-state index in [2.05, 4.69) is 28.2 Å². The van der Waals surface area contributed by atoms with Gasteiger partial charge in [0.15, 0.2) is 0 Å². The Balaban J connectivity index is 2.01. The van der Waals surface area contributed by atoms with Gasteiger partial charge in [0.1, 0.15) is 5.82 Å². The zero-order chi connectivity index (χ0) is 13.1. The first-order valence-corrected chi connectivity index (χ1v) is 7.12. The number of rotatable bonds is 2. The first-order valence-electron chi connectivity index (χ1n) is 6.33. The van der Waals surface area contributed by atoms with Gasteiger partial charge in [-0.3, -0.25) is 4.79 Å². The molecular weight excluding hydrogens is 297 g/mol. The van der Waals surface area contributed by atoms with Gasteiger partial charge < -0.3 is 5.32 Å². The summed E-state index contributed by atoms with van der Waals surface area (Å²) in [5.41, 5.74) is 0.114. The quantitative estimate of drug-likeness (QED) is 0.881. The molecule has 1 aromatic rings. The van der Waals surface area contributed by atoms with Crippen molar-refractivity contribution < 1.29 is 9.18 Å². The Hall–Kier alpha value is -0.900. The highest BCUT2D eigenvalue weighted by Crippen LogP contribution is 2.24. The van der Waals surface area contributed by atoms with Crippen molar-refractivity contribution in [2.24, 2.45) is 5.92 Å². The summed E-state index contributed by atoms with van der Waals surface area (Å²) in [6.07, 6.45) is 4.24. The number of benzene rings is 1. The molecule has 0 saturated heterocycles. The second-order valence-electron chi connectivity index (χ2n) is 5.03. The summed E-state index contributed by atoms with van der Waals surface area (Å²) in [5, 5.41) is 2.92. The van der Waals surface area contributed by atoms with Gasteiger partial charge in [0.2, 0.25) is 0 Å². The molecule has 0 aromatic heterocycles. The van der Waals surface area contributed by atoms with Crippen LogP contribution in [-0.4, -0.2) is 11.9 Å². The van der Waals surface area contributed by atoms with Gasteiger partial charge in [-0.05, 0) is 59.7 Å². The number of hydrogen-bond donors (Lipinski definition) is 1. The number of carbonyl (C=O) groups is 1. The molecule has 0 unspecified atom stereocenters. The largest absolute Gasteiger partial charge is 0.349 e. The van der Waals surface area contributed by atoms with Gasteiger partial charge in [0.25, 0.3) is 5.91 Å². The third-order valence-corrected chi connectivity index (χ3v) is 4.16. The summed E-state index contributed by atoms with van der Waals surface area (Å²) in [6, 6.07) is 4.97. The molecule has 0 radical (unpaired) electrons. The van der Waals surface area contributed by atoms with E-state index in [9.17, 15) is 9.18 Å². The van der Waals surface area contributed by atoms with E-state index in [1.165, 1.54) is 6.07 Å². The lowest BCUT2D eigenvalue weighted by atomic mass is 9.87.